The Balaban J connectivity index is 2.56. The van der Waals surface area contributed by atoms with Gasteiger partial charge in [-0.1, -0.05) is 24.3 Å². The summed E-state index contributed by atoms with van der Waals surface area (Å²) >= 11 is 0. The molecule has 0 spiro atoms. The molecule has 23 heavy (non-hydrogen) atoms. The zero-order valence-corrected chi connectivity index (χ0v) is 11.5. The van der Waals surface area contributed by atoms with Gasteiger partial charge < -0.3 is 9.84 Å². The van der Waals surface area contributed by atoms with Crippen molar-refractivity contribution in [3.05, 3.63) is 59.9 Å². The Bertz CT molecular complexity index is 751. The van der Waals surface area contributed by atoms with E-state index in [0.29, 0.717) is 0 Å². The van der Waals surface area contributed by atoms with Crippen molar-refractivity contribution >= 4 is 12.0 Å². The smallest absolute Gasteiger partial charge is 0.478 e. The number of carboxylic acids is 1. The monoisotopic (exact) mass is 326 g/mol. The highest BCUT2D eigenvalue weighted by Gasteiger charge is 2.32. The predicted molar refractivity (Wildman–Crippen MR) is 75.2 cm³/mol. The number of ether oxygens (including phenoxy) is 1. The average molecular weight is 326 g/mol. The first-order valence-corrected chi connectivity index (χ1v) is 6.32. The molecule has 2 aromatic carbocycles. The van der Waals surface area contributed by atoms with E-state index in [2.05, 4.69) is 4.74 Å². The molecule has 0 fully saturated rings. The molecule has 120 valence electrons. The third-order valence-corrected chi connectivity index (χ3v) is 2.82. The molecule has 0 aliphatic heterocycles. The average Bonchev–Trinajstić information content (AvgIpc) is 2.44. The molecular formula is C16H10F4O3. The van der Waals surface area contributed by atoms with Crippen LogP contribution in [0.1, 0.15) is 5.56 Å². The van der Waals surface area contributed by atoms with Crippen LogP contribution in [0.15, 0.2) is 48.5 Å². The number of carboxylic acid groups (broad SMARTS) is 1. The van der Waals surface area contributed by atoms with Gasteiger partial charge in [0.15, 0.2) is 0 Å². The maximum atomic E-state index is 13.4. The molecule has 0 bridgehead atoms. The summed E-state index contributed by atoms with van der Waals surface area (Å²) in [7, 11) is 0. The lowest BCUT2D eigenvalue weighted by atomic mass is 9.98. The van der Waals surface area contributed by atoms with E-state index in [1.165, 1.54) is 24.3 Å². The van der Waals surface area contributed by atoms with Crippen LogP contribution in [0.25, 0.3) is 17.2 Å². The summed E-state index contributed by atoms with van der Waals surface area (Å²) in [5.41, 5.74) is 0.393. The Hall–Kier alpha value is -2.83. The minimum Gasteiger partial charge on any atom is -0.478 e. The summed E-state index contributed by atoms with van der Waals surface area (Å²) in [6.07, 6.45) is -3.01. The molecule has 0 unspecified atom stereocenters. The molecule has 0 amide bonds. The summed E-state index contributed by atoms with van der Waals surface area (Å²) in [6.45, 7) is 0. The van der Waals surface area contributed by atoms with Gasteiger partial charge in [-0.3, -0.25) is 0 Å². The minimum absolute atomic E-state index is 0.0647. The third-order valence-electron chi connectivity index (χ3n) is 2.82. The molecule has 0 saturated heterocycles. The maximum absolute atomic E-state index is 13.4. The number of carbonyl (C=O) groups is 1. The van der Waals surface area contributed by atoms with Crippen molar-refractivity contribution in [3.8, 4) is 16.9 Å². The van der Waals surface area contributed by atoms with E-state index >= 15 is 0 Å². The van der Waals surface area contributed by atoms with Crippen molar-refractivity contribution in [1.82, 2.24) is 0 Å². The zero-order chi connectivity index (χ0) is 17.0. The molecule has 0 aliphatic rings. The van der Waals surface area contributed by atoms with E-state index in [0.717, 1.165) is 30.4 Å². The van der Waals surface area contributed by atoms with Gasteiger partial charge in [0.25, 0.3) is 0 Å². The number of rotatable bonds is 4. The molecule has 0 heterocycles. The summed E-state index contributed by atoms with van der Waals surface area (Å²) in [4.78, 5) is 10.6. The zero-order valence-electron chi connectivity index (χ0n) is 11.5. The van der Waals surface area contributed by atoms with Crippen LogP contribution in [0, 0.1) is 5.82 Å². The Morgan fingerprint density at radius 1 is 1.09 bits per heavy atom. The van der Waals surface area contributed by atoms with Crippen LogP contribution in [-0.4, -0.2) is 17.4 Å². The highest BCUT2D eigenvalue weighted by atomic mass is 19.4. The number of alkyl halides is 3. The molecule has 3 nitrogen and oxygen atoms in total. The number of aliphatic carboxylic acids is 1. The van der Waals surface area contributed by atoms with E-state index in [1.54, 1.807) is 0 Å². The van der Waals surface area contributed by atoms with E-state index in [1.807, 2.05) is 0 Å². The summed E-state index contributed by atoms with van der Waals surface area (Å²) < 4.78 is 54.8. The summed E-state index contributed by atoms with van der Waals surface area (Å²) in [5.74, 6) is -2.37. The van der Waals surface area contributed by atoms with Crippen molar-refractivity contribution in [2.24, 2.45) is 0 Å². The number of para-hydroxylation sites is 1. The van der Waals surface area contributed by atoms with Crippen LogP contribution in [0.4, 0.5) is 17.6 Å². The second kappa shape index (κ2) is 6.51. The van der Waals surface area contributed by atoms with Crippen LogP contribution in [0.3, 0.4) is 0 Å². The number of hydrogen-bond acceptors (Lipinski definition) is 2. The Morgan fingerprint density at radius 3 is 2.43 bits per heavy atom. The van der Waals surface area contributed by atoms with E-state index < -0.39 is 23.9 Å². The van der Waals surface area contributed by atoms with Crippen molar-refractivity contribution in [3.63, 3.8) is 0 Å². The fraction of sp³-hybridized carbons (Fsp3) is 0.0625. The topological polar surface area (TPSA) is 46.5 Å². The Kier molecular flexibility index (Phi) is 4.68. The van der Waals surface area contributed by atoms with Crippen LogP contribution in [0.5, 0.6) is 5.75 Å². The first-order valence-electron chi connectivity index (χ1n) is 6.32. The highest BCUT2D eigenvalue weighted by molar-refractivity contribution is 5.88. The van der Waals surface area contributed by atoms with Gasteiger partial charge in [0, 0.05) is 11.6 Å². The predicted octanol–water partition coefficient (Wildman–Crippen LogP) is 4.49. The molecule has 0 radical (unpaired) electrons. The summed E-state index contributed by atoms with van der Waals surface area (Å²) in [5, 5.41) is 8.66. The quantitative estimate of drug-likeness (QED) is 0.665. The molecule has 2 aromatic rings. The molecule has 1 N–H and O–H groups in total. The molecule has 7 heteroatoms. The van der Waals surface area contributed by atoms with Gasteiger partial charge in [-0.2, -0.15) is 0 Å². The second-order valence-corrected chi connectivity index (χ2v) is 4.45. The number of halogens is 4. The Morgan fingerprint density at radius 2 is 1.78 bits per heavy atom. The number of hydrogen-bond donors (Lipinski definition) is 1. The number of benzene rings is 2. The van der Waals surface area contributed by atoms with Gasteiger partial charge in [-0.25, -0.2) is 9.18 Å². The molecule has 2 rings (SSSR count). The lowest BCUT2D eigenvalue weighted by Gasteiger charge is -2.14. The molecule has 0 aromatic heterocycles. The first kappa shape index (κ1) is 16.5. The van der Waals surface area contributed by atoms with Gasteiger partial charge in [0.05, 0.1) is 0 Å². The first-order chi connectivity index (χ1) is 10.8. The maximum Gasteiger partial charge on any atom is 0.573 e. The van der Waals surface area contributed by atoms with Crippen molar-refractivity contribution in [1.29, 1.82) is 0 Å². The Labute approximate surface area is 128 Å². The van der Waals surface area contributed by atoms with E-state index in [-0.39, 0.29) is 16.7 Å². The highest BCUT2D eigenvalue weighted by Crippen LogP contribution is 2.36. The van der Waals surface area contributed by atoms with E-state index in [9.17, 15) is 22.4 Å². The van der Waals surface area contributed by atoms with Gasteiger partial charge in [0.2, 0.25) is 0 Å². The molecule has 0 saturated carbocycles. The molecule has 0 aliphatic carbocycles. The van der Waals surface area contributed by atoms with Crippen molar-refractivity contribution < 1.29 is 32.2 Å². The largest absolute Gasteiger partial charge is 0.573 e. The van der Waals surface area contributed by atoms with Crippen LogP contribution >= 0.6 is 0 Å². The van der Waals surface area contributed by atoms with Gasteiger partial charge >= 0.3 is 12.3 Å². The second-order valence-electron chi connectivity index (χ2n) is 4.45. The minimum atomic E-state index is -4.88. The standard InChI is InChI=1S/C16H10F4O3/c17-11-6-7-12(10(9-11)5-8-15(21)22)13-3-1-2-4-14(13)23-16(18,19)20/h1-9H,(H,21,22)/b8-5-. The summed E-state index contributed by atoms with van der Waals surface area (Å²) in [6, 6.07) is 8.70. The van der Waals surface area contributed by atoms with Crippen LogP contribution < -0.4 is 4.74 Å². The van der Waals surface area contributed by atoms with Crippen molar-refractivity contribution in [2.75, 3.05) is 0 Å². The van der Waals surface area contributed by atoms with Gasteiger partial charge in [0.1, 0.15) is 11.6 Å². The van der Waals surface area contributed by atoms with Crippen molar-refractivity contribution in [2.45, 2.75) is 6.36 Å². The lowest BCUT2D eigenvalue weighted by molar-refractivity contribution is -0.274. The van der Waals surface area contributed by atoms with Crippen LogP contribution in [0.2, 0.25) is 0 Å². The third kappa shape index (κ3) is 4.57. The van der Waals surface area contributed by atoms with Gasteiger partial charge in [-0.05, 0) is 35.4 Å². The molecular weight excluding hydrogens is 316 g/mol. The van der Waals surface area contributed by atoms with Crippen LogP contribution in [-0.2, 0) is 4.79 Å². The van der Waals surface area contributed by atoms with E-state index in [4.69, 9.17) is 5.11 Å². The SMILES string of the molecule is O=C(O)/C=C\c1cc(F)ccc1-c1ccccc1OC(F)(F)F. The van der Waals surface area contributed by atoms with Gasteiger partial charge in [-0.15, -0.1) is 13.2 Å². The molecule has 0 atom stereocenters. The lowest BCUT2D eigenvalue weighted by Crippen LogP contribution is -2.17. The fourth-order valence-electron chi connectivity index (χ4n) is 1.98. The fourth-order valence-corrected chi connectivity index (χ4v) is 1.98. The normalized spacial score (nSPS) is 11.7.